The monoisotopic (exact) mass is 370 g/mol. The molecule has 0 radical (unpaired) electrons. The summed E-state index contributed by atoms with van der Waals surface area (Å²) in [6, 6.07) is 4.75. The fraction of sp³-hybridized carbons (Fsp3) is 0.500. The van der Waals surface area contributed by atoms with Crippen molar-refractivity contribution in [3.63, 3.8) is 0 Å². The van der Waals surface area contributed by atoms with E-state index in [2.05, 4.69) is 21.2 Å². The summed E-state index contributed by atoms with van der Waals surface area (Å²) in [7, 11) is 0. The van der Waals surface area contributed by atoms with E-state index < -0.39 is 0 Å². The van der Waals surface area contributed by atoms with Gasteiger partial charge >= 0.3 is 0 Å². The number of carbonyl (C=O) groups excluding carboxylic acids is 2. The van der Waals surface area contributed by atoms with Crippen LogP contribution in [-0.2, 0) is 16.0 Å². The predicted molar refractivity (Wildman–Crippen MR) is 85.9 cm³/mol. The molecule has 1 saturated heterocycles. The molecular formula is C16H20BrFN2O2. The Labute approximate surface area is 138 Å². The third-order valence-corrected chi connectivity index (χ3v) is 4.22. The Kier molecular flexibility index (Phi) is 6.36. The SMILES string of the molecule is O=C(CN1CCCCCC1=O)NCCc1cc(Br)ccc1F. The first-order chi connectivity index (χ1) is 10.6. The molecule has 0 atom stereocenters. The van der Waals surface area contributed by atoms with Crippen LogP contribution in [0.2, 0.25) is 0 Å². The van der Waals surface area contributed by atoms with Gasteiger partial charge in [0, 0.05) is 24.0 Å². The van der Waals surface area contributed by atoms with E-state index >= 15 is 0 Å². The maximum Gasteiger partial charge on any atom is 0.239 e. The van der Waals surface area contributed by atoms with Crippen molar-refractivity contribution >= 4 is 27.7 Å². The van der Waals surface area contributed by atoms with E-state index in [-0.39, 0.29) is 24.2 Å². The Morgan fingerprint density at radius 2 is 2.14 bits per heavy atom. The number of amides is 2. The molecular weight excluding hydrogens is 351 g/mol. The van der Waals surface area contributed by atoms with Gasteiger partial charge < -0.3 is 10.2 Å². The minimum atomic E-state index is -0.278. The molecule has 120 valence electrons. The van der Waals surface area contributed by atoms with Crippen LogP contribution in [0.25, 0.3) is 0 Å². The highest BCUT2D eigenvalue weighted by Crippen LogP contribution is 2.15. The van der Waals surface area contributed by atoms with E-state index in [0.29, 0.717) is 31.5 Å². The molecule has 2 rings (SSSR count). The molecule has 0 aromatic heterocycles. The minimum absolute atomic E-state index is 0.0469. The molecule has 1 heterocycles. The third kappa shape index (κ3) is 5.09. The molecule has 2 amide bonds. The Morgan fingerprint density at radius 3 is 2.95 bits per heavy atom. The van der Waals surface area contributed by atoms with Crippen LogP contribution in [0.5, 0.6) is 0 Å². The van der Waals surface area contributed by atoms with E-state index in [1.54, 1.807) is 17.0 Å². The van der Waals surface area contributed by atoms with Crippen LogP contribution in [0.4, 0.5) is 4.39 Å². The highest BCUT2D eigenvalue weighted by molar-refractivity contribution is 9.10. The zero-order valence-electron chi connectivity index (χ0n) is 12.4. The second-order valence-electron chi connectivity index (χ2n) is 5.46. The zero-order chi connectivity index (χ0) is 15.9. The Balaban J connectivity index is 1.77. The minimum Gasteiger partial charge on any atom is -0.354 e. The van der Waals surface area contributed by atoms with Gasteiger partial charge in [0.05, 0.1) is 6.54 Å². The largest absolute Gasteiger partial charge is 0.354 e. The van der Waals surface area contributed by atoms with Crippen LogP contribution in [0.1, 0.15) is 31.2 Å². The first-order valence-corrected chi connectivity index (χ1v) is 8.34. The summed E-state index contributed by atoms with van der Waals surface area (Å²) in [6.45, 7) is 1.10. The van der Waals surface area contributed by atoms with Crippen molar-refractivity contribution < 1.29 is 14.0 Å². The molecule has 1 aromatic carbocycles. The average molecular weight is 371 g/mol. The van der Waals surface area contributed by atoms with Crippen molar-refractivity contribution in [2.24, 2.45) is 0 Å². The second kappa shape index (κ2) is 8.27. The molecule has 1 aliphatic rings. The lowest BCUT2D eigenvalue weighted by Gasteiger charge is -2.19. The standard InChI is InChI=1S/C16H20BrFN2O2/c17-13-5-6-14(18)12(10-13)7-8-19-15(21)11-20-9-3-1-2-4-16(20)22/h5-6,10H,1-4,7-9,11H2,(H,19,21). The van der Waals surface area contributed by atoms with Gasteiger partial charge in [0.1, 0.15) is 5.82 Å². The second-order valence-corrected chi connectivity index (χ2v) is 6.38. The summed E-state index contributed by atoms with van der Waals surface area (Å²) in [5.41, 5.74) is 0.556. The van der Waals surface area contributed by atoms with Gasteiger partial charge in [-0.1, -0.05) is 22.4 Å². The number of carbonyl (C=O) groups is 2. The van der Waals surface area contributed by atoms with Gasteiger partial charge in [-0.25, -0.2) is 4.39 Å². The molecule has 0 aliphatic carbocycles. The quantitative estimate of drug-likeness (QED) is 0.865. The number of nitrogens with one attached hydrogen (secondary N) is 1. The van der Waals surface area contributed by atoms with Crippen molar-refractivity contribution in [2.45, 2.75) is 32.1 Å². The zero-order valence-corrected chi connectivity index (χ0v) is 14.0. The van der Waals surface area contributed by atoms with Crippen LogP contribution in [-0.4, -0.2) is 36.3 Å². The number of hydrogen-bond acceptors (Lipinski definition) is 2. The Bertz CT molecular complexity index is 551. The first-order valence-electron chi connectivity index (χ1n) is 7.54. The average Bonchev–Trinajstić information content (AvgIpc) is 2.68. The fourth-order valence-electron chi connectivity index (χ4n) is 2.51. The summed E-state index contributed by atoms with van der Waals surface area (Å²) in [5.74, 6) is -0.420. The molecule has 1 aliphatic heterocycles. The third-order valence-electron chi connectivity index (χ3n) is 3.73. The van der Waals surface area contributed by atoms with Gasteiger partial charge in [-0.3, -0.25) is 9.59 Å². The number of likely N-dealkylation sites (tertiary alicyclic amines) is 1. The lowest BCUT2D eigenvalue weighted by molar-refractivity contribution is -0.135. The molecule has 1 N–H and O–H groups in total. The summed E-state index contributed by atoms with van der Waals surface area (Å²) in [5, 5.41) is 2.75. The fourth-order valence-corrected chi connectivity index (χ4v) is 2.91. The van der Waals surface area contributed by atoms with E-state index in [9.17, 15) is 14.0 Å². The lowest BCUT2D eigenvalue weighted by Crippen LogP contribution is -2.41. The first kappa shape index (κ1) is 16.9. The smallest absolute Gasteiger partial charge is 0.239 e. The number of hydrogen-bond donors (Lipinski definition) is 1. The van der Waals surface area contributed by atoms with Crippen molar-refractivity contribution in [3.05, 3.63) is 34.1 Å². The van der Waals surface area contributed by atoms with Gasteiger partial charge in [-0.2, -0.15) is 0 Å². The normalized spacial score (nSPS) is 15.5. The maximum absolute atomic E-state index is 13.6. The molecule has 1 fully saturated rings. The molecule has 1 aromatic rings. The maximum atomic E-state index is 13.6. The molecule has 6 heteroatoms. The van der Waals surface area contributed by atoms with Crippen LogP contribution >= 0.6 is 15.9 Å². The number of rotatable bonds is 5. The molecule has 4 nitrogen and oxygen atoms in total. The predicted octanol–water partition coefficient (Wildman–Crippen LogP) is 2.65. The summed E-state index contributed by atoms with van der Waals surface area (Å²) < 4.78 is 14.4. The van der Waals surface area contributed by atoms with Crippen LogP contribution in [0, 0.1) is 5.82 Å². The van der Waals surface area contributed by atoms with Crippen LogP contribution < -0.4 is 5.32 Å². The van der Waals surface area contributed by atoms with E-state index in [0.717, 1.165) is 23.7 Å². The van der Waals surface area contributed by atoms with E-state index in [1.165, 1.54) is 6.07 Å². The Morgan fingerprint density at radius 1 is 1.32 bits per heavy atom. The number of halogens is 2. The van der Waals surface area contributed by atoms with Crippen molar-refractivity contribution in [1.82, 2.24) is 10.2 Å². The van der Waals surface area contributed by atoms with E-state index in [4.69, 9.17) is 0 Å². The van der Waals surface area contributed by atoms with Crippen LogP contribution in [0.15, 0.2) is 22.7 Å². The Hall–Kier alpha value is -1.43. The topological polar surface area (TPSA) is 49.4 Å². The number of benzene rings is 1. The summed E-state index contributed by atoms with van der Waals surface area (Å²) in [4.78, 5) is 25.3. The van der Waals surface area contributed by atoms with Crippen molar-refractivity contribution in [3.8, 4) is 0 Å². The van der Waals surface area contributed by atoms with E-state index in [1.807, 2.05) is 0 Å². The van der Waals surface area contributed by atoms with Gasteiger partial charge in [0.15, 0.2) is 0 Å². The molecule has 0 saturated carbocycles. The van der Waals surface area contributed by atoms with Crippen LogP contribution in [0.3, 0.4) is 0 Å². The number of nitrogens with zero attached hydrogens (tertiary/aromatic N) is 1. The summed E-state index contributed by atoms with van der Waals surface area (Å²) >= 11 is 3.30. The summed E-state index contributed by atoms with van der Waals surface area (Å²) in [6.07, 6.45) is 3.83. The van der Waals surface area contributed by atoms with Gasteiger partial charge in [-0.05, 0) is 43.0 Å². The van der Waals surface area contributed by atoms with Gasteiger partial charge in [0.25, 0.3) is 0 Å². The molecule has 22 heavy (non-hydrogen) atoms. The highest BCUT2D eigenvalue weighted by Gasteiger charge is 2.18. The highest BCUT2D eigenvalue weighted by atomic mass is 79.9. The molecule has 0 unspecified atom stereocenters. The molecule has 0 bridgehead atoms. The van der Waals surface area contributed by atoms with Crippen molar-refractivity contribution in [1.29, 1.82) is 0 Å². The van der Waals surface area contributed by atoms with Crippen molar-refractivity contribution in [2.75, 3.05) is 19.6 Å². The molecule has 0 spiro atoms. The van der Waals surface area contributed by atoms with Gasteiger partial charge in [0.2, 0.25) is 11.8 Å². The lowest BCUT2D eigenvalue weighted by atomic mass is 10.1. The van der Waals surface area contributed by atoms with Gasteiger partial charge in [-0.15, -0.1) is 0 Å².